The van der Waals surface area contributed by atoms with Gasteiger partial charge in [0.1, 0.15) is 6.04 Å². The first kappa shape index (κ1) is 8.16. The van der Waals surface area contributed by atoms with Gasteiger partial charge in [-0.2, -0.15) is 13.2 Å². The fourth-order valence-electron chi connectivity index (χ4n) is 0.857. The molecule has 0 aromatic heterocycles. The van der Waals surface area contributed by atoms with Crippen LogP contribution in [0.15, 0.2) is 0 Å². The van der Waals surface area contributed by atoms with E-state index in [2.05, 4.69) is 5.32 Å². The predicted molar refractivity (Wildman–Crippen MR) is 31.0 cm³/mol. The number of amides is 2. The molecule has 1 aliphatic heterocycles. The summed E-state index contributed by atoms with van der Waals surface area (Å²) in [7, 11) is 0. The van der Waals surface area contributed by atoms with E-state index in [-0.39, 0.29) is 13.0 Å². The monoisotopic (exact) mass is 168 g/mol. The molecule has 0 radical (unpaired) electrons. The topological polar surface area (TPSA) is 41.1 Å². The smallest absolute Gasteiger partial charge is 0.338 e. The van der Waals surface area contributed by atoms with E-state index in [0.29, 0.717) is 0 Å². The van der Waals surface area contributed by atoms with Crippen LogP contribution in [0.2, 0.25) is 0 Å². The van der Waals surface area contributed by atoms with E-state index >= 15 is 0 Å². The van der Waals surface area contributed by atoms with E-state index in [1.807, 2.05) is 0 Å². The SMILES string of the molecule is O=C1NCCC(C(F)(F)F)N1. The Bertz CT molecular complexity index is 168. The van der Waals surface area contributed by atoms with Crippen molar-refractivity contribution in [1.29, 1.82) is 0 Å². The van der Waals surface area contributed by atoms with E-state index in [0.717, 1.165) is 0 Å². The molecule has 6 heteroatoms. The van der Waals surface area contributed by atoms with Crippen molar-refractivity contribution in [2.24, 2.45) is 0 Å². The molecular weight excluding hydrogens is 161 g/mol. The molecule has 2 N–H and O–H groups in total. The highest BCUT2D eigenvalue weighted by atomic mass is 19.4. The summed E-state index contributed by atoms with van der Waals surface area (Å²) in [5, 5.41) is 4.02. The van der Waals surface area contributed by atoms with Gasteiger partial charge in [0.15, 0.2) is 0 Å². The zero-order valence-corrected chi connectivity index (χ0v) is 5.53. The van der Waals surface area contributed by atoms with Gasteiger partial charge in [0, 0.05) is 6.54 Å². The van der Waals surface area contributed by atoms with Gasteiger partial charge < -0.3 is 10.6 Å². The molecule has 1 saturated heterocycles. The zero-order valence-electron chi connectivity index (χ0n) is 5.53. The van der Waals surface area contributed by atoms with Gasteiger partial charge in [-0.15, -0.1) is 0 Å². The van der Waals surface area contributed by atoms with Gasteiger partial charge in [-0.3, -0.25) is 0 Å². The third-order valence-electron chi connectivity index (χ3n) is 1.42. The van der Waals surface area contributed by atoms with Gasteiger partial charge in [0.25, 0.3) is 0 Å². The van der Waals surface area contributed by atoms with Crippen LogP contribution in [-0.2, 0) is 0 Å². The Morgan fingerprint density at radius 3 is 2.45 bits per heavy atom. The minimum atomic E-state index is -4.32. The minimum Gasteiger partial charge on any atom is -0.338 e. The molecule has 0 aromatic carbocycles. The van der Waals surface area contributed by atoms with E-state index < -0.39 is 18.2 Å². The van der Waals surface area contributed by atoms with Crippen molar-refractivity contribution in [3.05, 3.63) is 0 Å². The van der Waals surface area contributed by atoms with Crippen LogP contribution in [0.4, 0.5) is 18.0 Å². The molecule has 1 rings (SSSR count). The number of hydrogen-bond acceptors (Lipinski definition) is 1. The molecule has 0 bridgehead atoms. The largest absolute Gasteiger partial charge is 0.408 e. The molecule has 11 heavy (non-hydrogen) atoms. The highest BCUT2D eigenvalue weighted by Crippen LogP contribution is 2.22. The Morgan fingerprint density at radius 1 is 1.45 bits per heavy atom. The molecule has 0 aromatic rings. The predicted octanol–water partition coefficient (Wildman–Crippen LogP) is 0.620. The van der Waals surface area contributed by atoms with Crippen LogP contribution >= 0.6 is 0 Å². The van der Waals surface area contributed by atoms with E-state index in [1.165, 1.54) is 0 Å². The maximum absolute atomic E-state index is 11.9. The number of carbonyl (C=O) groups excluding carboxylic acids is 1. The molecule has 1 heterocycles. The van der Waals surface area contributed by atoms with Crippen molar-refractivity contribution >= 4 is 6.03 Å². The van der Waals surface area contributed by atoms with Crippen molar-refractivity contribution in [3.8, 4) is 0 Å². The minimum absolute atomic E-state index is 0.0794. The van der Waals surface area contributed by atoms with Gasteiger partial charge in [-0.05, 0) is 6.42 Å². The third-order valence-corrected chi connectivity index (χ3v) is 1.42. The first-order valence-corrected chi connectivity index (χ1v) is 3.11. The second-order valence-electron chi connectivity index (χ2n) is 2.28. The van der Waals surface area contributed by atoms with E-state index in [1.54, 1.807) is 5.32 Å². The number of carbonyl (C=O) groups is 1. The Hall–Kier alpha value is -0.940. The van der Waals surface area contributed by atoms with Crippen molar-refractivity contribution in [2.75, 3.05) is 6.54 Å². The summed E-state index contributed by atoms with van der Waals surface area (Å²) >= 11 is 0. The average molecular weight is 168 g/mol. The molecule has 0 saturated carbocycles. The number of alkyl halides is 3. The maximum Gasteiger partial charge on any atom is 0.408 e. The Labute approximate surface area is 61.0 Å². The lowest BCUT2D eigenvalue weighted by Gasteiger charge is -2.25. The number of halogens is 3. The molecule has 3 nitrogen and oxygen atoms in total. The molecular formula is C5H7F3N2O. The van der Waals surface area contributed by atoms with Gasteiger partial charge in [0.2, 0.25) is 0 Å². The fraction of sp³-hybridized carbons (Fsp3) is 0.800. The number of hydrogen-bond donors (Lipinski definition) is 2. The lowest BCUT2D eigenvalue weighted by molar-refractivity contribution is -0.155. The van der Waals surface area contributed by atoms with Gasteiger partial charge in [-0.1, -0.05) is 0 Å². The van der Waals surface area contributed by atoms with Crippen LogP contribution in [0.1, 0.15) is 6.42 Å². The first-order valence-electron chi connectivity index (χ1n) is 3.11. The number of rotatable bonds is 0. The Morgan fingerprint density at radius 2 is 2.09 bits per heavy atom. The molecule has 1 unspecified atom stereocenters. The molecule has 64 valence electrons. The zero-order chi connectivity index (χ0) is 8.48. The van der Waals surface area contributed by atoms with Crippen LogP contribution in [-0.4, -0.2) is 24.8 Å². The average Bonchev–Trinajstić information content (AvgIpc) is 1.86. The summed E-state index contributed by atoms with van der Waals surface area (Å²) in [6, 6.07) is -2.44. The van der Waals surface area contributed by atoms with Crippen molar-refractivity contribution < 1.29 is 18.0 Å². The lowest BCUT2D eigenvalue weighted by Crippen LogP contribution is -2.55. The fourth-order valence-corrected chi connectivity index (χ4v) is 0.857. The summed E-state index contributed by atoms with van der Waals surface area (Å²) in [6.07, 6.45) is -4.42. The van der Waals surface area contributed by atoms with Crippen LogP contribution in [0.3, 0.4) is 0 Å². The summed E-state index contributed by atoms with van der Waals surface area (Å²) in [5.74, 6) is 0. The Balaban J connectivity index is 2.53. The number of nitrogens with one attached hydrogen (secondary N) is 2. The van der Waals surface area contributed by atoms with E-state index in [9.17, 15) is 18.0 Å². The number of urea groups is 1. The van der Waals surface area contributed by atoms with Crippen LogP contribution in [0, 0.1) is 0 Å². The maximum atomic E-state index is 11.9. The molecule has 1 aliphatic rings. The standard InChI is InChI=1S/C5H7F3N2O/c6-5(7,8)3-1-2-9-4(11)10-3/h3H,1-2H2,(H2,9,10,11). The van der Waals surface area contributed by atoms with Crippen molar-refractivity contribution in [1.82, 2.24) is 10.6 Å². The highest BCUT2D eigenvalue weighted by molar-refractivity contribution is 5.75. The second-order valence-corrected chi connectivity index (χ2v) is 2.28. The molecule has 1 atom stereocenters. The van der Waals surface area contributed by atoms with Crippen LogP contribution in [0.5, 0.6) is 0 Å². The quantitative estimate of drug-likeness (QED) is 0.547. The highest BCUT2D eigenvalue weighted by Gasteiger charge is 2.41. The van der Waals surface area contributed by atoms with Crippen molar-refractivity contribution in [3.63, 3.8) is 0 Å². The molecule has 0 aliphatic carbocycles. The van der Waals surface area contributed by atoms with Gasteiger partial charge in [0.05, 0.1) is 0 Å². The third kappa shape index (κ3) is 1.99. The lowest BCUT2D eigenvalue weighted by atomic mass is 10.2. The van der Waals surface area contributed by atoms with Gasteiger partial charge >= 0.3 is 12.2 Å². The van der Waals surface area contributed by atoms with E-state index in [4.69, 9.17) is 0 Å². The van der Waals surface area contributed by atoms with Crippen LogP contribution < -0.4 is 10.6 Å². The summed E-state index contributed by atoms with van der Waals surface area (Å²) < 4.78 is 35.6. The van der Waals surface area contributed by atoms with Crippen LogP contribution in [0.25, 0.3) is 0 Å². The first-order chi connectivity index (χ1) is 5.00. The van der Waals surface area contributed by atoms with Crippen molar-refractivity contribution in [2.45, 2.75) is 18.6 Å². The molecule has 2 amide bonds. The Kier molecular flexibility index (Phi) is 1.92. The molecule has 0 spiro atoms. The van der Waals surface area contributed by atoms with Gasteiger partial charge in [-0.25, -0.2) is 4.79 Å². The molecule has 1 fully saturated rings. The normalized spacial score (nSPS) is 25.7. The summed E-state index contributed by atoms with van der Waals surface area (Å²) in [6.45, 7) is 0.0794. The summed E-state index contributed by atoms with van der Waals surface area (Å²) in [4.78, 5) is 10.4. The second kappa shape index (κ2) is 2.60. The summed E-state index contributed by atoms with van der Waals surface area (Å²) in [5.41, 5.74) is 0.